The van der Waals surface area contributed by atoms with Crippen molar-refractivity contribution in [2.45, 2.75) is 27.7 Å². The molecule has 9 aromatic carbocycles. The van der Waals surface area contributed by atoms with Gasteiger partial charge in [-0.15, -0.1) is 0 Å². The summed E-state index contributed by atoms with van der Waals surface area (Å²) in [6.45, 7) is 8.66. The Labute approximate surface area is 429 Å². The number of nitrogens with zero attached hydrogens (tertiary/aromatic N) is 7. The number of fused-ring (bicyclic) bond motifs is 6. The summed E-state index contributed by atoms with van der Waals surface area (Å²) in [7, 11) is 0. The molecule has 0 spiro atoms. The fourth-order valence-electron chi connectivity index (χ4n) is 11.1. The van der Waals surface area contributed by atoms with E-state index in [4.69, 9.17) is 19.9 Å². The van der Waals surface area contributed by atoms with E-state index in [2.05, 4.69) is 170 Å². The molecule has 0 aliphatic carbocycles. The van der Waals surface area contributed by atoms with Crippen molar-refractivity contribution < 1.29 is 0 Å². The number of para-hydroxylation sites is 2. The number of rotatable bonds is 8. The summed E-state index contributed by atoms with van der Waals surface area (Å²) in [5, 5.41) is 15.6. The van der Waals surface area contributed by atoms with Crippen molar-refractivity contribution in [1.29, 1.82) is 5.26 Å². The first-order valence-corrected chi connectivity index (χ1v) is 24.9. The van der Waals surface area contributed by atoms with Crippen molar-refractivity contribution in [3.05, 3.63) is 240 Å². The van der Waals surface area contributed by atoms with Gasteiger partial charge in [0.25, 0.3) is 0 Å². The average Bonchev–Trinajstić information content (AvgIpc) is 3.95. The first-order valence-electron chi connectivity index (χ1n) is 24.9. The van der Waals surface area contributed by atoms with Gasteiger partial charge in [0.15, 0.2) is 17.5 Å². The Morgan fingerprint density at radius 1 is 0.378 bits per heavy atom. The first-order chi connectivity index (χ1) is 36.3. The lowest BCUT2D eigenvalue weighted by molar-refractivity contribution is 1.06. The van der Waals surface area contributed by atoms with Gasteiger partial charge in [0.1, 0.15) is 0 Å². The van der Waals surface area contributed by atoms with Gasteiger partial charge in [-0.05, 0) is 116 Å². The number of aryl methyl sites for hydroxylation is 4. The summed E-state index contributed by atoms with van der Waals surface area (Å²) >= 11 is 0. The van der Waals surface area contributed by atoms with Crippen molar-refractivity contribution in [2.75, 3.05) is 0 Å². The fraction of sp³-hybridized carbons (Fsp3) is 0.0597. The molecule has 0 aliphatic rings. The molecule has 4 aromatic heterocycles. The maximum Gasteiger partial charge on any atom is 0.166 e. The van der Waals surface area contributed by atoms with Crippen LogP contribution in [0.3, 0.4) is 0 Å². The van der Waals surface area contributed by atoms with Crippen LogP contribution in [0, 0.1) is 39.0 Å². The van der Waals surface area contributed by atoms with E-state index in [0.29, 0.717) is 28.6 Å². The zero-order valence-corrected chi connectivity index (χ0v) is 41.3. The van der Waals surface area contributed by atoms with Crippen molar-refractivity contribution >= 4 is 43.6 Å². The van der Waals surface area contributed by atoms with Gasteiger partial charge in [0, 0.05) is 61.8 Å². The molecule has 0 saturated heterocycles. The van der Waals surface area contributed by atoms with Gasteiger partial charge in [-0.1, -0.05) is 157 Å². The number of benzene rings is 9. The standard InChI is InChI=1S/C67H47N7/c1-41-23-27-50(43(3)33-41)48-25-29-61-54(37-48)55-38-49(51-28-24-42(2)34-44(51)4)26-30-62(55)74(61)64-56(58-40-69-32-31-63(58)73-59-21-13-11-19-52(59)53-20-12-14-22-60(53)73)35-45(39-68)36-57(64)67-71-65(46-15-7-5-8-16-46)70-66(72-67)47-17-9-6-10-18-47/h5-38,40H,1-4H3. The smallest absolute Gasteiger partial charge is 0.166 e. The van der Waals surface area contributed by atoms with E-state index in [1.165, 1.54) is 33.4 Å². The van der Waals surface area contributed by atoms with E-state index in [1.54, 1.807) is 0 Å². The molecule has 0 amide bonds. The SMILES string of the molecule is Cc1ccc(-c2ccc3c(c2)c2cc(-c4ccc(C)cc4C)ccc2n3-c2c(-c3nc(-c4ccccc4)nc(-c4ccccc4)n3)cc(C#N)cc2-c2cnccc2-n2c3ccccc3c3ccccc32)c(C)c1. The van der Waals surface area contributed by atoms with Crippen LogP contribution >= 0.6 is 0 Å². The minimum Gasteiger partial charge on any atom is -0.309 e. The topological polar surface area (TPSA) is 85.2 Å². The molecule has 0 saturated carbocycles. The molecule has 0 bridgehead atoms. The van der Waals surface area contributed by atoms with Crippen LogP contribution in [0.25, 0.3) is 123 Å². The molecule has 0 unspecified atom stereocenters. The van der Waals surface area contributed by atoms with Crippen molar-refractivity contribution in [1.82, 2.24) is 29.1 Å². The second kappa shape index (κ2) is 17.8. The molecule has 0 N–H and O–H groups in total. The third-order valence-electron chi connectivity index (χ3n) is 14.5. The summed E-state index contributed by atoms with van der Waals surface area (Å²) in [6.07, 6.45) is 3.79. The highest BCUT2D eigenvalue weighted by Crippen LogP contribution is 2.46. The van der Waals surface area contributed by atoms with E-state index in [1.807, 2.05) is 85.2 Å². The fourth-order valence-corrected chi connectivity index (χ4v) is 11.1. The molecule has 0 radical (unpaired) electrons. The minimum absolute atomic E-state index is 0.433. The Kier molecular flexibility index (Phi) is 10.6. The molecule has 7 heteroatoms. The van der Waals surface area contributed by atoms with Gasteiger partial charge in [0.05, 0.1) is 45.1 Å². The second-order valence-electron chi connectivity index (χ2n) is 19.3. The van der Waals surface area contributed by atoms with Crippen LogP contribution < -0.4 is 0 Å². The molecular formula is C67H47N7. The summed E-state index contributed by atoms with van der Waals surface area (Å²) in [6, 6.07) is 72.7. The molecule has 0 fully saturated rings. The van der Waals surface area contributed by atoms with E-state index >= 15 is 0 Å². The quantitative estimate of drug-likeness (QED) is 0.151. The van der Waals surface area contributed by atoms with E-state index in [9.17, 15) is 5.26 Å². The molecule has 7 nitrogen and oxygen atoms in total. The summed E-state index contributed by atoms with van der Waals surface area (Å²) in [5.74, 6) is 1.48. The van der Waals surface area contributed by atoms with Gasteiger partial charge in [-0.3, -0.25) is 4.98 Å². The predicted molar refractivity (Wildman–Crippen MR) is 303 cm³/mol. The van der Waals surface area contributed by atoms with Crippen LogP contribution in [0.1, 0.15) is 27.8 Å². The number of aromatic nitrogens is 6. The highest BCUT2D eigenvalue weighted by atomic mass is 15.1. The first kappa shape index (κ1) is 44.2. The maximum absolute atomic E-state index is 11.2. The normalized spacial score (nSPS) is 11.5. The van der Waals surface area contributed by atoms with Gasteiger partial charge in [-0.2, -0.15) is 5.26 Å². The average molecular weight is 950 g/mol. The largest absolute Gasteiger partial charge is 0.309 e. The lowest BCUT2D eigenvalue weighted by Crippen LogP contribution is -2.07. The lowest BCUT2D eigenvalue weighted by Gasteiger charge is -2.21. The van der Waals surface area contributed by atoms with E-state index < -0.39 is 0 Å². The summed E-state index contributed by atoms with van der Waals surface area (Å²) in [4.78, 5) is 20.7. The van der Waals surface area contributed by atoms with Crippen LogP contribution in [-0.2, 0) is 0 Å². The Morgan fingerprint density at radius 3 is 1.39 bits per heavy atom. The Hall–Kier alpha value is -9.77. The summed E-state index contributed by atoms with van der Waals surface area (Å²) < 4.78 is 4.69. The monoisotopic (exact) mass is 949 g/mol. The minimum atomic E-state index is 0.433. The molecule has 74 heavy (non-hydrogen) atoms. The molecular weight excluding hydrogens is 903 g/mol. The number of pyridine rings is 1. The Bertz CT molecular complexity index is 4200. The highest BCUT2D eigenvalue weighted by molar-refractivity contribution is 6.14. The molecule has 13 aromatic rings. The lowest BCUT2D eigenvalue weighted by atomic mass is 9.95. The third-order valence-corrected chi connectivity index (χ3v) is 14.5. The van der Waals surface area contributed by atoms with Crippen LogP contribution in [0.5, 0.6) is 0 Å². The number of hydrogen-bond donors (Lipinski definition) is 0. The highest BCUT2D eigenvalue weighted by Gasteiger charge is 2.27. The van der Waals surface area contributed by atoms with E-state index in [-0.39, 0.29) is 0 Å². The second-order valence-corrected chi connectivity index (χ2v) is 19.3. The molecule has 350 valence electrons. The zero-order chi connectivity index (χ0) is 50.0. The van der Waals surface area contributed by atoms with Crippen LogP contribution in [0.15, 0.2) is 213 Å². The molecule has 0 atom stereocenters. The van der Waals surface area contributed by atoms with Crippen molar-refractivity contribution in [2.24, 2.45) is 0 Å². The Balaban J connectivity index is 1.19. The van der Waals surface area contributed by atoms with Crippen LogP contribution in [0.4, 0.5) is 0 Å². The van der Waals surface area contributed by atoms with Gasteiger partial charge in [0.2, 0.25) is 0 Å². The van der Waals surface area contributed by atoms with Gasteiger partial charge >= 0.3 is 0 Å². The third kappa shape index (κ3) is 7.43. The van der Waals surface area contributed by atoms with Crippen molar-refractivity contribution in [3.63, 3.8) is 0 Å². The predicted octanol–water partition coefficient (Wildman–Crippen LogP) is 16.6. The van der Waals surface area contributed by atoms with Crippen LogP contribution in [0.2, 0.25) is 0 Å². The van der Waals surface area contributed by atoms with Gasteiger partial charge in [-0.25, -0.2) is 15.0 Å². The summed E-state index contributed by atoms with van der Waals surface area (Å²) in [5.41, 5.74) is 19.8. The maximum atomic E-state index is 11.2. The Morgan fingerprint density at radius 2 is 0.865 bits per heavy atom. The number of hydrogen-bond acceptors (Lipinski definition) is 5. The zero-order valence-electron chi connectivity index (χ0n) is 41.3. The van der Waals surface area contributed by atoms with Gasteiger partial charge < -0.3 is 9.13 Å². The number of nitriles is 1. The van der Waals surface area contributed by atoms with Crippen molar-refractivity contribution in [3.8, 4) is 85.0 Å². The van der Waals surface area contributed by atoms with E-state index in [0.717, 1.165) is 88.4 Å². The van der Waals surface area contributed by atoms with Crippen LogP contribution in [-0.4, -0.2) is 29.1 Å². The molecule has 0 aliphatic heterocycles. The molecule has 13 rings (SSSR count). The molecule has 4 heterocycles.